The Bertz CT molecular complexity index is 369. The summed E-state index contributed by atoms with van der Waals surface area (Å²) in [7, 11) is 0. The molecule has 2 heterocycles. The largest absolute Gasteiger partial charge is 0.390 e. The first-order valence-corrected chi connectivity index (χ1v) is 6.29. The Hall–Kier alpha value is -1.20. The minimum absolute atomic E-state index is 0.0390. The van der Waals surface area contributed by atoms with Crippen LogP contribution in [0.3, 0.4) is 0 Å². The first-order chi connectivity index (χ1) is 8.36. The molecule has 17 heavy (non-hydrogen) atoms. The second kappa shape index (κ2) is 4.58. The Kier molecular flexibility index (Phi) is 2.94. The maximum Gasteiger partial charge on any atom is 0.151 e. The van der Waals surface area contributed by atoms with Gasteiger partial charge in [-0.2, -0.15) is 5.10 Å². The molecular formula is C12H18N4O. The van der Waals surface area contributed by atoms with E-state index in [2.05, 4.69) is 20.0 Å². The van der Waals surface area contributed by atoms with E-state index in [4.69, 9.17) is 5.11 Å². The predicted molar refractivity (Wildman–Crippen MR) is 64.8 cm³/mol. The molecule has 1 aromatic rings. The Balaban J connectivity index is 1.60. The molecule has 1 saturated heterocycles. The van der Waals surface area contributed by atoms with Crippen LogP contribution in [-0.4, -0.2) is 52.4 Å². The van der Waals surface area contributed by atoms with Gasteiger partial charge in [-0.3, -0.25) is 4.90 Å². The molecule has 0 amide bonds. The lowest BCUT2D eigenvalue weighted by Crippen LogP contribution is -2.47. The number of aromatic nitrogens is 2. The smallest absolute Gasteiger partial charge is 0.151 e. The molecule has 1 N–H and O–H groups in total. The topological polar surface area (TPSA) is 52.5 Å². The summed E-state index contributed by atoms with van der Waals surface area (Å²) < 4.78 is 0. The standard InChI is InChI=1S/C12H18N4O/c17-9-10-1-4-12(14-13-10)16-7-5-15(6-8-16)11-2-3-11/h1,4,11,17H,2-3,5-9H2. The molecule has 2 aliphatic rings. The molecule has 1 aliphatic heterocycles. The predicted octanol–water partition coefficient (Wildman–Crippen LogP) is 0.253. The fraction of sp³-hybridized carbons (Fsp3) is 0.667. The fourth-order valence-electron chi connectivity index (χ4n) is 2.36. The van der Waals surface area contributed by atoms with Crippen LogP contribution in [-0.2, 0) is 6.61 Å². The second-order valence-electron chi connectivity index (χ2n) is 4.80. The minimum Gasteiger partial charge on any atom is -0.390 e. The molecule has 0 aromatic carbocycles. The van der Waals surface area contributed by atoms with Crippen LogP contribution in [0.1, 0.15) is 18.5 Å². The molecule has 5 nitrogen and oxygen atoms in total. The number of hydrogen-bond donors (Lipinski definition) is 1. The third-order valence-electron chi connectivity index (χ3n) is 3.57. The molecule has 0 unspecified atom stereocenters. The van der Waals surface area contributed by atoms with E-state index in [1.54, 1.807) is 0 Å². The van der Waals surface area contributed by atoms with Crippen LogP contribution in [0.5, 0.6) is 0 Å². The lowest BCUT2D eigenvalue weighted by Gasteiger charge is -2.35. The van der Waals surface area contributed by atoms with Crippen molar-refractivity contribution < 1.29 is 5.11 Å². The van der Waals surface area contributed by atoms with Gasteiger partial charge in [-0.1, -0.05) is 0 Å². The lowest BCUT2D eigenvalue weighted by atomic mass is 10.3. The summed E-state index contributed by atoms with van der Waals surface area (Å²) in [6, 6.07) is 4.65. The number of anilines is 1. The summed E-state index contributed by atoms with van der Waals surface area (Å²) in [5.41, 5.74) is 0.630. The maximum atomic E-state index is 8.92. The van der Waals surface area contributed by atoms with Gasteiger partial charge in [-0.15, -0.1) is 5.10 Å². The van der Waals surface area contributed by atoms with Gasteiger partial charge in [-0.25, -0.2) is 0 Å². The molecule has 1 aliphatic carbocycles. The van der Waals surface area contributed by atoms with Crippen molar-refractivity contribution in [2.75, 3.05) is 31.1 Å². The Morgan fingerprint density at radius 2 is 1.88 bits per heavy atom. The van der Waals surface area contributed by atoms with Gasteiger partial charge in [0, 0.05) is 32.2 Å². The molecule has 3 rings (SSSR count). The SMILES string of the molecule is OCc1ccc(N2CCN(C3CC3)CC2)nn1. The molecule has 0 radical (unpaired) electrons. The highest BCUT2D eigenvalue weighted by Crippen LogP contribution is 2.28. The molecule has 92 valence electrons. The Labute approximate surface area is 101 Å². The van der Waals surface area contributed by atoms with Crippen molar-refractivity contribution in [1.29, 1.82) is 0 Å². The molecule has 0 atom stereocenters. The quantitative estimate of drug-likeness (QED) is 0.812. The van der Waals surface area contributed by atoms with E-state index < -0.39 is 0 Å². The van der Waals surface area contributed by atoms with Gasteiger partial charge in [0.2, 0.25) is 0 Å². The van der Waals surface area contributed by atoms with Gasteiger partial charge in [0.05, 0.1) is 12.3 Å². The molecule has 5 heteroatoms. The number of nitrogens with zero attached hydrogens (tertiary/aromatic N) is 4. The third-order valence-corrected chi connectivity index (χ3v) is 3.57. The van der Waals surface area contributed by atoms with Gasteiger partial charge in [0.25, 0.3) is 0 Å². The molecule has 1 aromatic heterocycles. The van der Waals surface area contributed by atoms with E-state index >= 15 is 0 Å². The van der Waals surface area contributed by atoms with E-state index in [0.29, 0.717) is 5.69 Å². The van der Waals surface area contributed by atoms with Crippen LogP contribution >= 0.6 is 0 Å². The van der Waals surface area contributed by atoms with E-state index in [1.165, 1.54) is 12.8 Å². The van der Waals surface area contributed by atoms with Crippen LogP contribution in [0.25, 0.3) is 0 Å². The Morgan fingerprint density at radius 3 is 2.41 bits per heavy atom. The van der Waals surface area contributed by atoms with Crippen molar-refractivity contribution in [3.05, 3.63) is 17.8 Å². The van der Waals surface area contributed by atoms with Gasteiger partial charge in [0.15, 0.2) is 5.82 Å². The zero-order valence-corrected chi connectivity index (χ0v) is 9.92. The van der Waals surface area contributed by atoms with Crippen LogP contribution in [0.2, 0.25) is 0 Å². The highest BCUT2D eigenvalue weighted by Gasteiger charge is 2.31. The number of aliphatic hydroxyl groups is 1. The van der Waals surface area contributed by atoms with Crippen molar-refractivity contribution in [3.8, 4) is 0 Å². The fourth-order valence-corrected chi connectivity index (χ4v) is 2.36. The summed E-state index contributed by atoms with van der Waals surface area (Å²) in [5, 5.41) is 17.1. The van der Waals surface area contributed by atoms with E-state index in [1.807, 2.05) is 12.1 Å². The highest BCUT2D eigenvalue weighted by molar-refractivity contribution is 5.37. The van der Waals surface area contributed by atoms with E-state index in [-0.39, 0.29) is 6.61 Å². The molecule has 0 bridgehead atoms. The monoisotopic (exact) mass is 234 g/mol. The zero-order chi connectivity index (χ0) is 11.7. The minimum atomic E-state index is -0.0390. The zero-order valence-electron chi connectivity index (χ0n) is 9.92. The summed E-state index contributed by atoms with van der Waals surface area (Å²) in [5.74, 6) is 0.928. The van der Waals surface area contributed by atoms with Crippen LogP contribution in [0.15, 0.2) is 12.1 Å². The number of hydrogen-bond acceptors (Lipinski definition) is 5. The third kappa shape index (κ3) is 2.40. The van der Waals surface area contributed by atoms with Crippen LogP contribution in [0, 0.1) is 0 Å². The molecular weight excluding hydrogens is 216 g/mol. The van der Waals surface area contributed by atoms with E-state index in [0.717, 1.165) is 38.0 Å². The first kappa shape index (κ1) is 10.9. The first-order valence-electron chi connectivity index (χ1n) is 6.29. The van der Waals surface area contributed by atoms with Crippen molar-refractivity contribution in [1.82, 2.24) is 15.1 Å². The molecule has 0 spiro atoms. The van der Waals surface area contributed by atoms with E-state index in [9.17, 15) is 0 Å². The molecule has 2 fully saturated rings. The summed E-state index contributed by atoms with van der Waals surface area (Å²) in [6.45, 7) is 4.29. The highest BCUT2D eigenvalue weighted by atomic mass is 16.3. The average molecular weight is 234 g/mol. The number of aliphatic hydroxyl groups excluding tert-OH is 1. The number of piperazine rings is 1. The van der Waals surface area contributed by atoms with Gasteiger partial charge < -0.3 is 10.0 Å². The van der Waals surface area contributed by atoms with Crippen molar-refractivity contribution in [2.24, 2.45) is 0 Å². The second-order valence-corrected chi connectivity index (χ2v) is 4.80. The van der Waals surface area contributed by atoms with Crippen molar-refractivity contribution >= 4 is 5.82 Å². The lowest BCUT2D eigenvalue weighted by molar-refractivity contribution is 0.247. The molecule has 1 saturated carbocycles. The average Bonchev–Trinajstić information content (AvgIpc) is 3.24. The normalized spacial score (nSPS) is 21.8. The van der Waals surface area contributed by atoms with Crippen LogP contribution in [0.4, 0.5) is 5.82 Å². The van der Waals surface area contributed by atoms with Crippen molar-refractivity contribution in [2.45, 2.75) is 25.5 Å². The van der Waals surface area contributed by atoms with Gasteiger partial charge in [0.1, 0.15) is 0 Å². The Morgan fingerprint density at radius 1 is 1.12 bits per heavy atom. The maximum absolute atomic E-state index is 8.92. The van der Waals surface area contributed by atoms with Gasteiger partial charge >= 0.3 is 0 Å². The number of rotatable bonds is 3. The van der Waals surface area contributed by atoms with Crippen molar-refractivity contribution in [3.63, 3.8) is 0 Å². The van der Waals surface area contributed by atoms with Crippen LogP contribution < -0.4 is 4.90 Å². The summed E-state index contributed by atoms with van der Waals surface area (Å²) in [4.78, 5) is 4.85. The van der Waals surface area contributed by atoms with Gasteiger partial charge in [-0.05, 0) is 25.0 Å². The summed E-state index contributed by atoms with van der Waals surface area (Å²) >= 11 is 0. The summed E-state index contributed by atoms with van der Waals surface area (Å²) in [6.07, 6.45) is 2.76.